The zero-order valence-electron chi connectivity index (χ0n) is 9.95. The normalized spacial score (nSPS) is 11.2. The van der Waals surface area contributed by atoms with Crippen molar-refractivity contribution in [3.8, 4) is 0 Å². The van der Waals surface area contributed by atoms with Crippen LogP contribution in [0.4, 0.5) is 5.69 Å². The van der Waals surface area contributed by atoms with Crippen LogP contribution in [0.15, 0.2) is 46.1 Å². The minimum atomic E-state index is -3.84. The van der Waals surface area contributed by atoms with Crippen molar-refractivity contribution in [2.75, 3.05) is 4.72 Å². The molecule has 100 valence electrons. The third-order valence-corrected chi connectivity index (χ3v) is 3.60. The highest BCUT2D eigenvalue weighted by atomic mass is 32.2. The lowest BCUT2D eigenvalue weighted by Gasteiger charge is -2.07. The highest BCUT2D eigenvalue weighted by Crippen LogP contribution is 2.19. The quantitative estimate of drug-likeness (QED) is 0.894. The summed E-state index contributed by atoms with van der Waals surface area (Å²) in [7, 11) is -3.84. The Morgan fingerprint density at radius 2 is 2.05 bits per heavy atom. The van der Waals surface area contributed by atoms with Gasteiger partial charge in [-0.2, -0.15) is 8.42 Å². The number of furan rings is 1. The van der Waals surface area contributed by atoms with Crippen LogP contribution in [-0.4, -0.2) is 19.5 Å². The zero-order chi connectivity index (χ0) is 14.0. The van der Waals surface area contributed by atoms with E-state index in [0.29, 0.717) is 5.56 Å². The van der Waals surface area contributed by atoms with Crippen molar-refractivity contribution in [1.29, 1.82) is 0 Å². The molecule has 0 spiro atoms. The first-order valence-electron chi connectivity index (χ1n) is 5.30. The van der Waals surface area contributed by atoms with E-state index in [4.69, 9.17) is 9.52 Å². The van der Waals surface area contributed by atoms with Crippen LogP contribution in [0.1, 0.15) is 15.9 Å². The SMILES string of the molecule is Cc1cc(NS(=O)(=O)c2ccco2)cc(C(=O)O)c1. The Bertz CT molecular complexity index is 704. The van der Waals surface area contributed by atoms with E-state index in [1.54, 1.807) is 6.92 Å². The summed E-state index contributed by atoms with van der Waals surface area (Å²) < 4.78 is 30.9. The number of hydrogen-bond donors (Lipinski definition) is 2. The Hall–Kier alpha value is -2.28. The minimum Gasteiger partial charge on any atom is -0.478 e. The summed E-state index contributed by atoms with van der Waals surface area (Å²) in [6.07, 6.45) is 1.24. The predicted molar refractivity (Wildman–Crippen MR) is 67.7 cm³/mol. The molecule has 0 aliphatic rings. The number of carboxylic acid groups (broad SMARTS) is 1. The lowest BCUT2D eigenvalue weighted by Crippen LogP contribution is -2.12. The average molecular weight is 281 g/mol. The van der Waals surface area contributed by atoms with Gasteiger partial charge >= 0.3 is 5.97 Å². The molecule has 1 heterocycles. The smallest absolute Gasteiger partial charge is 0.335 e. The molecule has 2 aromatic rings. The van der Waals surface area contributed by atoms with Gasteiger partial charge in [-0.05, 0) is 42.8 Å². The number of sulfonamides is 1. The highest BCUT2D eigenvalue weighted by molar-refractivity contribution is 7.92. The van der Waals surface area contributed by atoms with E-state index in [1.807, 2.05) is 0 Å². The fourth-order valence-electron chi connectivity index (χ4n) is 1.59. The standard InChI is InChI=1S/C12H11NO5S/c1-8-5-9(12(14)15)7-10(6-8)13-19(16,17)11-3-2-4-18-11/h2-7,13H,1H3,(H,14,15). The van der Waals surface area contributed by atoms with Gasteiger partial charge in [0, 0.05) is 0 Å². The molecule has 0 unspecified atom stereocenters. The van der Waals surface area contributed by atoms with Crippen molar-refractivity contribution in [2.45, 2.75) is 12.0 Å². The molecule has 1 aromatic carbocycles. The highest BCUT2D eigenvalue weighted by Gasteiger charge is 2.18. The molecule has 0 atom stereocenters. The van der Waals surface area contributed by atoms with Crippen LogP contribution in [0.5, 0.6) is 0 Å². The number of nitrogens with one attached hydrogen (secondary N) is 1. The van der Waals surface area contributed by atoms with Crippen LogP contribution < -0.4 is 4.72 Å². The zero-order valence-corrected chi connectivity index (χ0v) is 10.8. The average Bonchev–Trinajstić information content (AvgIpc) is 2.81. The van der Waals surface area contributed by atoms with Crippen LogP contribution in [0.25, 0.3) is 0 Å². The molecule has 0 radical (unpaired) electrons. The second kappa shape index (κ2) is 4.77. The molecule has 0 aliphatic heterocycles. The van der Waals surface area contributed by atoms with Crippen molar-refractivity contribution >= 4 is 21.7 Å². The first kappa shape index (κ1) is 13.2. The van der Waals surface area contributed by atoms with Crippen molar-refractivity contribution < 1.29 is 22.7 Å². The van der Waals surface area contributed by atoms with Crippen LogP contribution in [0, 0.1) is 6.92 Å². The maximum absolute atomic E-state index is 11.9. The number of benzene rings is 1. The second-order valence-electron chi connectivity index (χ2n) is 3.93. The van der Waals surface area contributed by atoms with E-state index in [9.17, 15) is 13.2 Å². The molecule has 0 saturated heterocycles. The summed E-state index contributed by atoms with van der Waals surface area (Å²) in [5.41, 5.74) is 0.822. The molecule has 2 rings (SSSR count). The van der Waals surface area contributed by atoms with Crippen LogP contribution in [-0.2, 0) is 10.0 Å². The fourth-order valence-corrected chi connectivity index (χ4v) is 2.56. The van der Waals surface area contributed by atoms with E-state index in [1.165, 1.54) is 36.6 Å². The third-order valence-electron chi connectivity index (χ3n) is 2.34. The molecule has 7 heteroatoms. The van der Waals surface area contributed by atoms with Gasteiger partial charge in [0.2, 0.25) is 5.09 Å². The molecule has 6 nitrogen and oxygen atoms in total. The van der Waals surface area contributed by atoms with Gasteiger partial charge < -0.3 is 9.52 Å². The number of hydrogen-bond acceptors (Lipinski definition) is 4. The summed E-state index contributed by atoms with van der Waals surface area (Å²) in [5, 5.41) is 8.69. The van der Waals surface area contributed by atoms with Crippen molar-refractivity contribution in [2.24, 2.45) is 0 Å². The van der Waals surface area contributed by atoms with Gasteiger partial charge in [0.15, 0.2) is 0 Å². The molecule has 2 N–H and O–H groups in total. The van der Waals surface area contributed by atoms with E-state index >= 15 is 0 Å². The molecule has 0 saturated carbocycles. The van der Waals surface area contributed by atoms with Gasteiger partial charge in [-0.25, -0.2) is 4.79 Å². The van der Waals surface area contributed by atoms with Gasteiger partial charge in [-0.3, -0.25) is 4.72 Å². The lowest BCUT2D eigenvalue weighted by molar-refractivity contribution is 0.0697. The van der Waals surface area contributed by atoms with E-state index in [0.717, 1.165) is 0 Å². The summed E-state index contributed by atoms with van der Waals surface area (Å²) in [6, 6.07) is 6.99. The Kier molecular flexibility index (Phi) is 3.30. The summed E-state index contributed by atoms with van der Waals surface area (Å²) in [6.45, 7) is 1.68. The van der Waals surface area contributed by atoms with Gasteiger partial charge in [0.25, 0.3) is 10.0 Å². The van der Waals surface area contributed by atoms with E-state index in [2.05, 4.69) is 4.72 Å². The maximum Gasteiger partial charge on any atom is 0.335 e. The summed E-state index contributed by atoms with van der Waals surface area (Å²) in [5.74, 6) is -1.12. The van der Waals surface area contributed by atoms with Gasteiger partial charge in [-0.15, -0.1) is 0 Å². The van der Waals surface area contributed by atoms with Crippen molar-refractivity contribution in [1.82, 2.24) is 0 Å². The largest absolute Gasteiger partial charge is 0.478 e. The Balaban J connectivity index is 2.37. The molecule has 0 fully saturated rings. The van der Waals surface area contributed by atoms with Gasteiger partial charge in [0.05, 0.1) is 17.5 Å². The summed E-state index contributed by atoms with van der Waals surface area (Å²) in [4.78, 5) is 10.9. The number of carbonyl (C=O) groups is 1. The minimum absolute atomic E-state index is 0.0112. The Morgan fingerprint density at radius 3 is 2.63 bits per heavy atom. The molecule has 19 heavy (non-hydrogen) atoms. The van der Waals surface area contributed by atoms with Crippen LogP contribution in [0.3, 0.4) is 0 Å². The Labute approximate surface area is 109 Å². The van der Waals surface area contributed by atoms with Crippen LogP contribution in [0.2, 0.25) is 0 Å². The number of anilines is 1. The number of carboxylic acids is 1. The third kappa shape index (κ3) is 2.94. The molecular weight excluding hydrogens is 270 g/mol. The maximum atomic E-state index is 11.9. The Morgan fingerprint density at radius 1 is 1.32 bits per heavy atom. The number of aromatic carboxylic acids is 1. The number of aryl methyl sites for hydroxylation is 1. The molecule has 0 bridgehead atoms. The predicted octanol–water partition coefficient (Wildman–Crippen LogP) is 2.09. The first-order chi connectivity index (χ1) is 8.88. The van der Waals surface area contributed by atoms with E-state index in [-0.39, 0.29) is 16.3 Å². The lowest BCUT2D eigenvalue weighted by atomic mass is 10.1. The molecular formula is C12H11NO5S. The fraction of sp³-hybridized carbons (Fsp3) is 0.0833. The van der Waals surface area contributed by atoms with Crippen molar-refractivity contribution in [3.05, 3.63) is 47.7 Å². The molecule has 0 aliphatic carbocycles. The van der Waals surface area contributed by atoms with Gasteiger partial charge in [-0.1, -0.05) is 0 Å². The first-order valence-corrected chi connectivity index (χ1v) is 6.78. The molecule has 1 aromatic heterocycles. The van der Waals surface area contributed by atoms with Gasteiger partial charge in [0.1, 0.15) is 0 Å². The van der Waals surface area contributed by atoms with Crippen LogP contribution >= 0.6 is 0 Å². The molecule has 0 amide bonds. The number of rotatable bonds is 4. The van der Waals surface area contributed by atoms with E-state index < -0.39 is 16.0 Å². The second-order valence-corrected chi connectivity index (χ2v) is 5.54. The summed E-state index contributed by atoms with van der Waals surface area (Å²) >= 11 is 0. The van der Waals surface area contributed by atoms with Crippen molar-refractivity contribution in [3.63, 3.8) is 0 Å². The topological polar surface area (TPSA) is 96.6 Å². The monoisotopic (exact) mass is 281 g/mol.